The Balaban J connectivity index is 1.69. The Hall–Kier alpha value is -1.16. The summed E-state index contributed by atoms with van der Waals surface area (Å²) in [6.07, 6.45) is 4.96. The molecule has 4 heteroatoms. The van der Waals surface area contributed by atoms with Gasteiger partial charge in [0.2, 0.25) is 5.88 Å². The summed E-state index contributed by atoms with van der Waals surface area (Å²) in [5.41, 5.74) is 0.918. The highest BCUT2D eigenvalue weighted by molar-refractivity contribution is 5.10. The first-order chi connectivity index (χ1) is 7.84. The smallest absolute Gasteiger partial charge is 0.233 e. The SMILES string of the molecule is Cc1ccc(OCC[C@@H]2CCCCN2)nn1. The number of piperidine rings is 1. The summed E-state index contributed by atoms with van der Waals surface area (Å²) in [7, 11) is 0. The maximum atomic E-state index is 5.55. The predicted molar refractivity (Wildman–Crippen MR) is 62.5 cm³/mol. The van der Waals surface area contributed by atoms with Crippen molar-refractivity contribution in [3.05, 3.63) is 17.8 Å². The van der Waals surface area contributed by atoms with Gasteiger partial charge < -0.3 is 10.1 Å². The molecule has 88 valence electrons. The molecule has 1 fully saturated rings. The van der Waals surface area contributed by atoms with Crippen molar-refractivity contribution in [1.82, 2.24) is 15.5 Å². The minimum atomic E-state index is 0.618. The number of rotatable bonds is 4. The molecule has 2 rings (SSSR count). The van der Waals surface area contributed by atoms with Crippen LogP contribution in [-0.2, 0) is 0 Å². The minimum absolute atomic E-state index is 0.618. The van der Waals surface area contributed by atoms with Gasteiger partial charge in [0.1, 0.15) is 0 Å². The molecule has 1 atom stereocenters. The monoisotopic (exact) mass is 221 g/mol. The largest absolute Gasteiger partial charge is 0.477 e. The molecule has 0 aromatic carbocycles. The predicted octanol–water partition coefficient (Wildman–Crippen LogP) is 1.70. The topological polar surface area (TPSA) is 47.0 Å². The second-order valence-electron chi connectivity index (χ2n) is 4.30. The molecular weight excluding hydrogens is 202 g/mol. The van der Waals surface area contributed by atoms with Crippen LogP contribution in [-0.4, -0.2) is 29.4 Å². The zero-order valence-electron chi connectivity index (χ0n) is 9.78. The quantitative estimate of drug-likeness (QED) is 0.840. The van der Waals surface area contributed by atoms with Crippen molar-refractivity contribution < 1.29 is 4.74 Å². The van der Waals surface area contributed by atoms with Crippen LogP contribution in [0.1, 0.15) is 31.4 Å². The lowest BCUT2D eigenvalue weighted by atomic mass is 10.0. The first kappa shape index (κ1) is 11.3. The number of nitrogens with zero attached hydrogens (tertiary/aromatic N) is 2. The molecule has 0 radical (unpaired) electrons. The van der Waals surface area contributed by atoms with Gasteiger partial charge in [0.25, 0.3) is 0 Å². The maximum Gasteiger partial charge on any atom is 0.233 e. The van der Waals surface area contributed by atoms with E-state index in [2.05, 4.69) is 15.5 Å². The highest BCUT2D eigenvalue weighted by atomic mass is 16.5. The van der Waals surface area contributed by atoms with E-state index in [0.717, 1.165) is 25.3 Å². The van der Waals surface area contributed by atoms with Crippen molar-refractivity contribution in [1.29, 1.82) is 0 Å². The average Bonchev–Trinajstić information content (AvgIpc) is 2.33. The molecule has 1 aliphatic heterocycles. The van der Waals surface area contributed by atoms with Crippen LogP contribution in [0.15, 0.2) is 12.1 Å². The third-order valence-electron chi connectivity index (χ3n) is 2.90. The van der Waals surface area contributed by atoms with Crippen LogP contribution in [0.25, 0.3) is 0 Å². The number of ether oxygens (including phenoxy) is 1. The number of aromatic nitrogens is 2. The molecule has 0 spiro atoms. The normalized spacial score (nSPS) is 20.7. The van der Waals surface area contributed by atoms with Crippen LogP contribution < -0.4 is 10.1 Å². The standard InChI is InChI=1S/C12H19N3O/c1-10-5-6-12(15-14-10)16-9-7-11-4-2-3-8-13-11/h5-6,11,13H,2-4,7-9H2,1H3/t11-/m0/s1. The molecular formula is C12H19N3O. The third kappa shape index (κ3) is 3.45. The molecule has 4 nitrogen and oxygen atoms in total. The summed E-state index contributed by atoms with van der Waals surface area (Å²) in [6.45, 7) is 3.78. The van der Waals surface area contributed by atoms with Gasteiger partial charge in [-0.15, -0.1) is 5.10 Å². The van der Waals surface area contributed by atoms with Gasteiger partial charge in [-0.05, 0) is 38.8 Å². The molecule has 0 bridgehead atoms. The summed E-state index contributed by atoms with van der Waals surface area (Å²) in [5.74, 6) is 0.626. The fourth-order valence-electron chi connectivity index (χ4n) is 1.94. The van der Waals surface area contributed by atoms with Gasteiger partial charge >= 0.3 is 0 Å². The average molecular weight is 221 g/mol. The van der Waals surface area contributed by atoms with E-state index in [1.807, 2.05) is 19.1 Å². The van der Waals surface area contributed by atoms with Gasteiger partial charge in [0.15, 0.2) is 0 Å². The summed E-state index contributed by atoms with van der Waals surface area (Å²) >= 11 is 0. The van der Waals surface area contributed by atoms with Crippen molar-refractivity contribution in [3.8, 4) is 5.88 Å². The van der Waals surface area contributed by atoms with E-state index in [0.29, 0.717) is 11.9 Å². The van der Waals surface area contributed by atoms with E-state index in [1.54, 1.807) is 0 Å². The molecule has 1 aromatic rings. The fraction of sp³-hybridized carbons (Fsp3) is 0.667. The molecule has 0 amide bonds. The third-order valence-corrected chi connectivity index (χ3v) is 2.90. The zero-order chi connectivity index (χ0) is 11.2. The Morgan fingerprint density at radius 2 is 2.31 bits per heavy atom. The van der Waals surface area contributed by atoms with Crippen molar-refractivity contribution in [2.75, 3.05) is 13.2 Å². The second kappa shape index (κ2) is 5.80. The maximum absolute atomic E-state index is 5.55. The number of hydrogen-bond donors (Lipinski definition) is 1. The minimum Gasteiger partial charge on any atom is -0.477 e. The molecule has 1 aliphatic rings. The summed E-state index contributed by atoms with van der Waals surface area (Å²) in [4.78, 5) is 0. The number of nitrogens with one attached hydrogen (secondary N) is 1. The van der Waals surface area contributed by atoms with Crippen molar-refractivity contribution in [2.24, 2.45) is 0 Å². The van der Waals surface area contributed by atoms with E-state index in [1.165, 1.54) is 19.3 Å². The molecule has 1 aromatic heterocycles. The Morgan fingerprint density at radius 3 is 3.00 bits per heavy atom. The molecule has 1 saturated heterocycles. The van der Waals surface area contributed by atoms with Crippen molar-refractivity contribution in [2.45, 2.75) is 38.6 Å². The van der Waals surface area contributed by atoms with Crippen LogP contribution in [0.4, 0.5) is 0 Å². The highest BCUT2D eigenvalue weighted by Crippen LogP contribution is 2.11. The molecule has 2 heterocycles. The van der Waals surface area contributed by atoms with Crippen LogP contribution in [0.5, 0.6) is 5.88 Å². The van der Waals surface area contributed by atoms with E-state index in [-0.39, 0.29) is 0 Å². The van der Waals surface area contributed by atoms with Gasteiger partial charge in [0.05, 0.1) is 12.3 Å². The van der Waals surface area contributed by atoms with Crippen LogP contribution in [0, 0.1) is 6.92 Å². The van der Waals surface area contributed by atoms with Crippen LogP contribution in [0.2, 0.25) is 0 Å². The summed E-state index contributed by atoms with van der Waals surface area (Å²) in [5, 5.41) is 11.4. The Morgan fingerprint density at radius 1 is 1.38 bits per heavy atom. The number of hydrogen-bond acceptors (Lipinski definition) is 4. The van der Waals surface area contributed by atoms with Crippen molar-refractivity contribution in [3.63, 3.8) is 0 Å². The lowest BCUT2D eigenvalue weighted by Gasteiger charge is -2.23. The molecule has 0 saturated carbocycles. The Bertz CT molecular complexity index is 307. The number of aryl methyl sites for hydroxylation is 1. The van der Waals surface area contributed by atoms with Gasteiger partial charge in [-0.2, -0.15) is 5.10 Å². The summed E-state index contributed by atoms with van der Waals surface area (Å²) < 4.78 is 5.55. The highest BCUT2D eigenvalue weighted by Gasteiger charge is 2.12. The Labute approximate surface area is 96.4 Å². The second-order valence-corrected chi connectivity index (χ2v) is 4.30. The van der Waals surface area contributed by atoms with Crippen LogP contribution >= 0.6 is 0 Å². The van der Waals surface area contributed by atoms with Gasteiger partial charge in [0, 0.05) is 12.1 Å². The first-order valence-electron chi connectivity index (χ1n) is 6.01. The lowest BCUT2D eigenvalue weighted by Crippen LogP contribution is -2.35. The molecule has 16 heavy (non-hydrogen) atoms. The Kier molecular flexibility index (Phi) is 4.10. The van der Waals surface area contributed by atoms with Crippen molar-refractivity contribution >= 4 is 0 Å². The van der Waals surface area contributed by atoms with Gasteiger partial charge in [-0.1, -0.05) is 6.42 Å². The molecule has 0 unspecified atom stereocenters. The van der Waals surface area contributed by atoms with Gasteiger partial charge in [-0.3, -0.25) is 0 Å². The lowest BCUT2D eigenvalue weighted by molar-refractivity contribution is 0.258. The van der Waals surface area contributed by atoms with E-state index in [4.69, 9.17) is 4.74 Å². The summed E-state index contributed by atoms with van der Waals surface area (Å²) in [6, 6.07) is 4.41. The van der Waals surface area contributed by atoms with Gasteiger partial charge in [-0.25, -0.2) is 0 Å². The molecule has 0 aliphatic carbocycles. The first-order valence-corrected chi connectivity index (χ1v) is 6.01. The van der Waals surface area contributed by atoms with E-state index in [9.17, 15) is 0 Å². The molecule has 1 N–H and O–H groups in total. The van der Waals surface area contributed by atoms with E-state index >= 15 is 0 Å². The van der Waals surface area contributed by atoms with E-state index < -0.39 is 0 Å². The fourth-order valence-corrected chi connectivity index (χ4v) is 1.94. The zero-order valence-corrected chi connectivity index (χ0v) is 9.78. The van der Waals surface area contributed by atoms with Crippen LogP contribution in [0.3, 0.4) is 0 Å².